The molecule has 0 bridgehead atoms. The zero-order valence-electron chi connectivity index (χ0n) is 9.12. The maximum absolute atomic E-state index is 12.9. The Balaban J connectivity index is 0.00000289. The van der Waals surface area contributed by atoms with Crippen molar-refractivity contribution < 1.29 is 27.1 Å². The fourth-order valence-corrected chi connectivity index (χ4v) is 1.22. The van der Waals surface area contributed by atoms with Gasteiger partial charge in [0.1, 0.15) is 11.9 Å². The minimum absolute atomic E-state index is 0. The van der Waals surface area contributed by atoms with Crippen LogP contribution >= 0.6 is 12.4 Å². The van der Waals surface area contributed by atoms with E-state index in [0.717, 1.165) is 13.2 Å². The predicted octanol–water partition coefficient (Wildman–Crippen LogP) is 2.44. The number of carbonyl (C=O) groups is 1. The number of methoxy groups -OCH3 is 1. The summed E-state index contributed by atoms with van der Waals surface area (Å²) in [5, 5.41) is 0. The maximum atomic E-state index is 12.9. The topological polar surface area (TPSA) is 52.3 Å². The largest absolute Gasteiger partial charge is 0.468 e. The molecule has 3 nitrogen and oxygen atoms in total. The lowest BCUT2D eigenvalue weighted by Gasteiger charge is -2.13. The van der Waals surface area contributed by atoms with Crippen LogP contribution in [0.5, 0.6) is 0 Å². The van der Waals surface area contributed by atoms with E-state index in [2.05, 4.69) is 4.74 Å². The fourth-order valence-electron chi connectivity index (χ4n) is 1.22. The number of ether oxygens (including phenoxy) is 1. The van der Waals surface area contributed by atoms with Gasteiger partial charge in [-0.2, -0.15) is 13.2 Å². The molecule has 0 aliphatic carbocycles. The number of esters is 1. The number of hydrogen-bond donors (Lipinski definition) is 1. The van der Waals surface area contributed by atoms with Crippen LogP contribution in [0.15, 0.2) is 18.2 Å². The third-order valence-electron chi connectivity index (χ3n) is 2.11. The third kappa shape index (κ3) is 3.58. The molecule has 8 heteroatoms. The van der Waals surface area contributed by atoms with Gasteiger partial charge < -0.3 is 10.5 Å². The van der Waals surface area contributed by atoms with E-state index in [-0.39, 0.29) is 18.0 Å². The highest BCUT2D eigenvalue weighted by atomic mass is 35.5. The van der Waals surface area contributed by atoms with Crippen LogP contribution in [0.1, 0.15) is 17.2 Å². The zero-order valence-corrected chi connectivity index (χ0v) is 9.94. The van der Waals surface area contributed by atoms with E-state index in [1.54, 1.807) is 0 Å². The lowest BCUT2D eigenvalue weighted by molar-refractivity contribution is -0.143. The highest BCUT2D eigenvalue weighted by molar-refractivity contribution is 5.85. The van der Waals surface area contributed by atoms with Crippen molar-refractivity contribution in [1.82, 2.24) is 0 Å². The van der Waals surface area contributed by atoms with E-state index in [1.165, 1.54) is 0 Å². The van der Waals surface area contributed by atoms with Gasteiger partial charge in [-0.05, 0) is 17.7 Å². The van der Waals surface area contributed by atoms with Crippen LogP contribution < -0.4 is 5.73 Å². The summed E-state index contributed by atoms with van der Waals surface area (Å²) in [6.07, 6.45) is -4.84. The molecular weight excluding hydrogens is 278 g/mol. The molecule has 1 atom stereocenters. The van der Waals surface area contributed by atoms with Crippen LogP contribution in [0, 0.1) is 5.82 Å². The Kier molecular flexibility index (Phi) is 5.56. The minimum atomic E-state index is -4.84. The highest BCUT2D eigenvalue weighted by Gasteiger charge is 2.35. The number of hydrogen-bond acceptors (Lipinski definition) is 3. The summed E-state index contributed by atoms with van der Waals surface area (Å²) in [7, 11) is 1.05. The van der Waals surface area contributed by atoms with Crippen molar-refractivity contribution >= 4 is 18.4 Å². The molecule has 0 saturated carbocycles. The van der Waals surface area contributed by atoms with Crippen molar-refractivity contribution in [3.05, 3.63) is 35.1 Å². The standard InChI is InChI=1S/C10H9F4NO2.ClH/c1-17-9(16)8(15)5-2-3-7(11)6(4-5)10(12,13)14;/h2-4,8H,15H2,1H3;1H/t8-;/m0./s1. The summed E-state index contributed by atoms with van der Waals surface area (Å²) >= 11 is 0. The number of alkyl halides is 3. The molecule has 0 heterocycles. The normalized spacial score (nSPS) is 12.6. The van der Waals surface area contributed by atoms with E-state index in [0.29, 0.717) is 12.1 Å². The van der Waals surface area contributed by atoms with Crippen molar-refractivity contribution in [2.24, 2.45) is 5.73 Å². The van der Waals surface area contributed by atoms with Gasteiger partial charge in [-0.15, -0.1) is 12.4 Å². The summed E-state index contributed by atoms with van der Waals surface area (Å²) in [6.45, 7) is 0. The second-order valence-corrected chi connectivity index (χ2v) is 3.24. The van der Waals surface area contributed by atoms with Gasteiger partial charge in [0.15, 0.2) is 0 Å². The summed E-state index contributed by atoms with van der Waals surface area (Å²) in [4.78, 5) is 11.0. The first-order valence-corrected chi connectivity index (χ1v) is 4.47. The fraction of sp³-hybridized carbons (Fsp3) is 0.300. The molecule has 0 spiro atoms. The van der Waals surface area contributed by atoms with Crippen molar-refractivity contribution in [2.45, 2.75) is 12.2 Å². The van der Waals surface area contributed by atoms with Crippen molar-refractivity contribution in [3.8, 4) is 0 Å². The Morgan fingerprint density at radius 1 is 1.39 bits per heavy atom. The van der Waals surface area contributed by atoms with Crippen LogP contribution in [0.3, 0.4) is 0 Å². The van der Waals surface area contributed by atoms with Crippen molar-refractivity contribution in [3.63, 3.8) is 0 Å². The Labute approximate surface area is 106 Å². The SMILES string of the molecule is COC(=O)[C@@H](N)c1ccc(F)c(C(F)(F)F)c1.Cl. The molecule has 0 unspecified atom stereocenters. The molecule has 0 aromatic heterocycles. The van der Waals surface area contributed by atoms with Gasteiger partial charge >= 0.3 is 12.1 Å². The third-order valence-corrected chi connectivity index (χ3v) is 2.11. The van der Waals surface area contributed by atoms with Gasteiger partial charge in [0, 0.05) is 0 Å². The molecule has 1 rings (SSSR count). The van der Waals surface area contributed by atoms with Crippen molar-refractivity contribution in [2.75, 3.05) is 7.11 Å². The van der Waals surface area contributed by atoms with Crippen LogP contribution in [0.4, 0.5) is 17.6 Å². The first-order valence-electron chi connectivity index (χ1n) is 4.47. The number of rotatable bonds is 2. The molecular formula is C10H10ClF4NO2. The summed E-state index contributed by atoms with van der Waals surface area (Å²) in [6, 6.07) is 0.742. The van der Waals surface area contributed by atoms with Crippen LogP contribution in [-0.4, -0.2) is 13.1 Å². The Bertz CT molecular complexity index is 436. The summed E-state index contributed by atoms with van der Waals surface area (Å²) in [5.41, 5.74) is 3.72. The first kappa shape index (κ1) is 16.7. The van der Waals surface area contributed by atoms with Crippen LogP contribution in [0.25, 0.3) is 0 Å². The second-order valence-electron chi connectivity index (χ2n) is 3.24. The zero-order chi connectivity index (χ0) is 13.2. The monoisotopic (exact) mass is 287 g/mol. The molecule has 2 N–H and O–H groups in total. The number of benzene rings is 1. The molecule has 1 aromatic rings. The Hall–Kier alpha value is -1.34. The van der Waals surface area contributed by atoms with Crippen LogP contribution in [0.2, 0.25) is 0 Å². The van der Waals surface area contributed by atoms with Gasteiger partial charge in [-0.3, -0.25) is 4.79 Å². The van der Waals surface area contributed by atoms with Crippen molar-refractivity contribution in [1.29, 1.82) is 0 Å². The molecule has 0 radical (unpaired) electrons. The lowest BCUT2D eigenvalue weighted by Crippen LogP contribution is -2.23. The molecule has 0 aliphatic heterocycles. The van der Waals surface area contributed by atoms with Gasteiger partial charge in [0.05, 0.1) is 12.7 Å². The summed E-state index contributed by atoms with van der Waals surface area (Å²) < 4.78 is 54.4. The highest BCUT2D eigenvalue weighted by Crippen LogP contribution is 2.32. The van der Waals surface area contributed by atoms with Gasteiger partial charge in [0.2, 0.25) is 0 Å². The average molecular weight is 288 g/mol. The number of nitrogens with two attached hydrogens (primary N) is 1. The minimum Gasteiger partial charge on any atom is -0.468 e. The molecule has 1 aromatic carbocycles. The maximum Gasteiger partial charge on any atom is 0.419 e. The quantitative estimate of drug-likeness (QED) is 0.671. The molecule has 0 fully saturated rings. The molecule has 0 amide bonds. The summed E-state index contributed by atoms with van der Waals surface area (Å²) in [5.74, 6) is -2.32. The Morgan fingerprint density at radius 3 is 2.39 bits per heavy atom. The number of carbonyl (C=O) groups excluding carboxylic acids is 1. The van der Waals surface area contributed by atoms with Gasteiger partial charge in [-0.25, -0.2) is 4.39 Å². The molecule has 102 valence electrons. The molecule has 0 saturated heterocycles. The molecule has 0 aliphatic rings. The van der Waals surface area contributed by atoms with Gasteiger partial charge in [0.25, 0.3) is 0 Å². The van der Waals surface area contributed by atoms with E-state index >= 15 is 0 Å². The van der Waals surface area contributed by atoms with E-state index < -0.39 is 29.6 Å². The number of halogens is 5. The second kappa shape index (κ2) is 6.01. The van der Waals surface area contributed by atoms with Gasteiger partial charge in [-0.1, -0.05) is 6.07 Å². The lowest BCUT2D eigenvalue weighted by atomic mass is 10.0. The first-order chi connectivity index (χ1) is 7.77. The van der Waals surface area contributed by atoms with E-state index in [9.17, 15) is 22.4 Å². The smallest absolute Gasteiger partial charge is 0.419 e. The van der Waals surface area contributed by atoms with E-state index in [1.807, 2.05) is 0 Å². The molecule has 18 heavy (non-hydrogen) atoms. The Morgan fingerprint density at radius 2 is 1.94 bits per heavy atom. The van der Waals surface area contributed by atoms with Crippen LogP contribution in [-0.2, 0) is 15.7 Å². The van der Waals surface area contributed by atoms with E-state index in [4.69, 9.17) is 5.73 Å². The average Bonchev–Trinajstić information content (AvgIpc) is 2.26. The predicted molar refractivity (Wildman–Crippen MR) is 57.6 cm³/mol.